The quantitative estimate of drug-likeness (QED) is 0.578. The lowest BCUT2D eigenvalue weighted by Crippen LogP contribution is -2.36. The zero-order valence-corrected chi connectivity index (χ0v) is 14.9. The second kappa shape index (κ2) is 8.41. The highest BCUT2D eigenvalue weighted by molar-refractivity contribution is 6.06. The third-order valence-corrected chi connectivity index (χ3v) is 4.55. The van der Waals surface area contributed by atoms with E-state index in [-0.39, 0.29) is 24.7 Å². The summed E-state index contributed by atoms with van der Waals surface area (Å²) >= 11 is 0. The van der Waals surface area contributed by atoms with Crippen LogP contribution in [0.25, 0.3) is 11.1 Å². The van der Waals surface area contributed by atoms with Crippen molar-refractivity contribution in [2.45, 2.75) is 31.7 Å². The van der Waals surface area contributed by atoms with Crippen LogP contribution in [0.15, 0.2) is 54.6 Å². The van der Waals surface area contributed by atoms with Gasteiger partial charge in [-0.25, -0.2) is 0 Å². The van der Waals surface area contributed by atoms with Crippen LogP contribution >= 0.6 is 0 Å². The number of hydrogen-bond acceptors (Lipinski definition) is 4. The Morgan fingerprint density at radius 3 is 2.19 bits per heavy atom. The smallest absolute Gasteiger partial charge is 0.245 e. The summed E-state index contributed by atoms with van der Waals surface area (Å²) in [5.41, 5.74) is 2.58. The first-order chi connectivity index (χ1) is 13.1. The number of nitrogens with zero attached hydrogens (tertiary/aromatic N) is 1. The van der Waals surface area contributed by atoms with E-state index in [1.54, 1.807) is 18.2 Å². The van der Waals surface area contributed by atoms with Gasteiger partial charge in [-0.05, 0) is 24.0 Å². The number of amides is 1. The molecule has 2 aromatic carbocycles. The average Bonchev–Trinajstić information content (AvgIpc) is 3.51. The van der Waals surface area contributed by atoms with E-state index in [2.05, 4.69) is 5.32 Å². The van der Waals surface area contributed by atoms with Gasteiger partial charge in [-0.3, -0.25) is 14.4 Å². The molecule has 0 saturated heterocycles. The highest BCUT2D eigenvalue weighted by Gasteiger charge is 2.31. The molecular formula is C22H20N2O3. The Morgan fingerprint density at radius 2 is 1.59 bits per heavy atom. The van der Waals surface area contributed by atoms with Gasteiger partial charge in [0.1, 0.15) is 0 Å². The molecule has 0 unspecified atom stereocenters. The zero-order valence-electron chi connectivity index (χ0n) is 14.9. The number of carbonyl (C=O) groups is 3. The fraction of sp³-hybridized carbons (Fsp3) is 0.273. The van der Waals surface area contributed by atoms with E-state index >= 15 is 0 Å². The van der Waals surface area contributed by atoms with Gasteiger partial charge in [-0.15, -0.1) is 0 Å². The Hall–Kier alpha value is -3.26. The molecule has 1 aliphatic rings. The van der Waals surface area contributed by atoms with E-state index in [1.807, 2.05) is 42.5 Å². The van der Waals surface area contributed by atoms with Gasteiger partial charge in [0.15, 0.2) is 17.5 Å². The minimum atomic E-state index is -1.33. The fourth-order valence-electron chi connectivity index (χ4n) is 2.79. The van der Waals surface area contributed by atoms with Crippen LogP contribution in [0.2, 0.25) is 0 Å². The molecule has 1 N–H and O–H groups in total. The van der Waals surface area contributed by atoms with Gasteiger partial charge in [0.25, 0.3) is 0 Å². The first kappa shape index (κ1) is 18.5. The molecule has 5 heteroatoms. The molecule has 0 heterocycles. The van der Waals surface area contributed by atoms with E-state index in [4.69, 9.17) is 5.26 Å². The highest BCUT2D eigenvalue weighted by Crippen LogP contribution is 2.21. The van der Waals surface area contributed by atoms with Crippen LogP contribution in [0.3, 0.4) is 0 Å². The van der Waals surface area contributed by atoms with Gasteiger partial charge >= 0.3 is 0 Å². The summed E-state index contributed by atoms with van der Waals surface area (Å²) in [5, 5.41) is 11.8. The van der Waals surface area contributed by atoms with E-state index < -0.39 is 17.6 Å². The summed E-state index contributed by atoms with van der Waals surface area (Å²) in [6.45, 7) is 0. The van der Waals surface area contributed by atoms with Crippen LogP contribution in [0, 0.1) is 17.2 Å². The normalized spacial score (nSPS) is 14.0. The largest absolute Gasteiger partial charge is 0.352 e. The molecule has 3 rings (SSSR count). The van der Waals surface area contributed by atoms with Gasteiger partial charge in [-0.1, -0.05) is 54.6 Å². The van der Waals surface area contributed by atoms with Crippen molar-refractivity contribution in [3.63, 3.8) is 0 Å². The summed E-state index contributed by atoms with van der Waals surface area (Å²) in [6, 6.07) is 18.9. The van der Waals surface area contributed by atoms with Crippen molar-refractivity contribution in [3.8, 4) is 17.2 Å². The van der Waals surface area contributed by atoms with E-state index in [1.165, 1.54) is 0 Å². The molecule has 1 saturated carbocycles. The number of ketones is 2. The summed E-state index contributed by atoms with van der Waals surface area (Å²) < 4.78 is 0. The van der Waals surface area contributed by atoms with Crippen molar-refractivity contribution >= 4 is 17.5 Å². The molecule has 27 heavy (non-hydrogen) atoms. The van der Waals surface area contributed by atoms with Crippen LogP contribution < -0.4 is 5.32 Å². The zero-order chi connectivity index (χ0) is 19.2. The van der Waals surface area contributed by atoms with Gasteiger partial charge in [0.05, 0.1) is 6.07 Å². The van der Waals surface area contributed by atoms with E-state index in [0.29, 0.717) is 5.56 Å². The highest BCUT2D eigenvalue weighted by atomic mass is 16.2. The average molecular weight is 360 g/mol. The Labute approximate surface area is 158 Å². The second-order valence-corrected chi connectivity index (χ2v) is 6.68. The number of benzene rings is 2. The first-order valence-electron chi connectivity index (χ1n) is 9.00. The molecule has 5 nitrogen and oxygen atoms in total. The van der Waals surface area contributed by atoms with Gasteiger partial charge < -0.3 is 5.32 Å². The number of nitrogens with one attached hydrogen (secondary N) is 1. The second-order valence-electron chi connectivity index (χ2n) is 6.68. The van der Waals surface area contributed by atoms with Gasteiger partial charge in [0, 0.05) is 24.4 Å². The van der Waals surface area contributed by atoms with Crippen molar-refractivity contribution in [1.29, 1.82) is 5.26 Å². The number of carbonyl (C=O) groups excluding carboxylic acids is 3. The minimum absolute atomic E-state index is 0.0155. The number of nitriles is 1. The van der Waals surface area contributed by atoms with Crippen LogP contribution in [0.1, 0.15) is 36.0 Å². The van der Waals surface area contributed by atoms with Gasteiger partial charge in [0.2, 0.25) is 5.91 Å². The standard InChI is InChI=1S/C22H20N2O3/c23-14-19(22(27)24-18-10-11-18)21(26)13-12-20(25)17-8-6-16(7-9-17)15-4-2-1-3-5-15/h1-9,18-19H,10-13H2,(H,24,27)/t19-/m1/s1. The Balaban J connectivity index is 1.56. The van der Waals surface area contributed by atoms with Crippen LogP contribution in [-0.2, 0) is 9.59 Å². The summed E-state index contributed by atoms with van der Waals surface area (Å²) in [7, 11) is 0. The Kier molecular flexibility index (Phi) is 5.77. The SMILES string of the molecule is N#C[C@H](C(=O)CCC(=O)c1ccc(-c2ccccc2)cc1)C(=O)NC1CC1. The van der Waals surface area contributed by atoms with Crippen molar-refractivity contribution in [2.75, 3.05) is 0 Å². The molecule has 0 aliphatic heterocycles. The maximum Gasteiger partial charge on any atom is 0.245 e. The van der Waals surface area contributed by atoms with E-state index in [0.717, 1.165) is 24.0 Å². The predicted molar refractivity (Wildman–Crippen MR) is 101 cm³/mol. The van der Waals surface area contributed by atoms with E-state index in [9.17, 15) is 14.4 Å². The maximum absolute atomic E-state index is 12.3. The van der Waals surface area contributed by atoms with Crippen LogP contribution in [-0.4, -0.2) is 23.5 Å². The van der Waals surface area contributed by atoms with Crippen molar-refractivity contribution in [2.24, 2.45) is 5.92 Å². The molecule has 0 bridgehead atoms. The molecule has 0 aromatic heterocycles. The molecule has 1 atom stereocenters. The minimum Gasteiger partial charge on any atom is -0.352 e. The monoisotopic (exact) mass is 360 g/mol. The summed E-state index contributed by atoms with van der Waals surface area (Å²) in [4.78, 5) is 36.4. The molecule has 2 aromatic rings. The molecule has 0 spiro atoms. The Morgan fingerprint density at radius 1 is 0.963 bits per heavy atom. The molecule has 1 fully saturated rings. The van der Waals surface area contributed by atoms with Gasteiger partial charge in [-0.2, -0.15) is 5.26 Å². The van der Waals surface area contributed by atoms with Crippen LogP contribution in [0.4, 0.5) is 0 Å². The number of hydrogen-bond donors (Lipinski definition) is 1. The number of Topliss-reactive ketones (excluding diaryl/α,β-unsaturated/α-hetero) is 2. The molecule has 1 aliphatic carbocycles. The third-order valence-electron chi connectivity index (χ3n) is 4.55. The van der Waals surface area contributed by atoms with Crippen molar-refractivity contribution in [1.82, 2.24) is 5.32 Å². The Bertz CT molecular complexity index is 878. The fourth-order valence-corrected chi connectivity index (χ4v) is 2.79. The lowest BCUT2D eigenvalue weighted by molar-refractivity contribution is -0.131. The van der Waals surface area contributed by atoms with Crippen molar-refractivity contribution < 1.29 is 14.4 Å². The predicted octanol–water partition coefficient (Wildman–Crippen LogP) is 3.30. The maximum atomic E-state index is 12.3. The summed E-state index contributed by atoms with van der Waals surface area (Å²) in [6.07, 6.45) is 1.64. The lowest BCUT2D eigenvalue weighted by atomic mass is 9.96. The summed E-state index contributed by atoms with van der Waals surface area (Å²) in [5.74, 6) is -2.57. The molecule has 0 radical (unpaired) electrons. The van der Waals surface area contributed by atoms with Crippen molar-refractivity contribution in [3.05, 3.63) is 60.2 Å². The topological polar surface area (TPSA) is 87.0 Å². The number of rotatable bonds is 8. The van der Waals surface area contributed by atoms with Crippen LogP contribution in [0.5, 0.6) is 0 Å². The molecule has 1 amide bonds. The molecular weight excluding hydrogens is 340 g/mol. The molecule has 136 valence electrons. The lowest BCUT2D eigenvalue weighted by Gasteiger charge is -2.08. The third kappa shape index (κ3) is 4.89. The first-order valence-corrected chi connectivity index (χ1v) is 9.00.